The van der Waals surface area contributed by atoms with Crippen LogP contribution in [0.25, 0.3) is 0 Å². The molecule has 2 aromatic carbocycles. The quantitative estimate of drug-likeness (QED) is 0.508. The molecule has 1 saturated heterocycles. The van der Waals surface area contributed by atoms with Crippen molar-refractivity contribution in [1.29, 1.82) is 0 Å². The number of benzene rings is 2. The van der Waals surface area contributed by atoms with E-state index in [9.17, 15) is 19.2 Å². The van der Waals surface area contributed by atoms with Crippen LogP contribution in [0, 0.1) is 0 Å². The monoisotopic (exact) mass is 490 g/mol. The van der Waals surface area contributed by atoms with Gasteiger partial charge in [0.1, 0.15) is 6.61 Å². The molecule has 0 radical (unpaired) electrons. The number of para-hydroxylation sites is 2. The Morgan fingerprint density at radius 1 is 1.11 bits per heavy atom. The van der Waals surface area contributed by atoms with Crippen molar-refractivity contribution in [2.75, 3.05) is 16.8 Å². The molecule has 0 N–H and O–H groups in total. The number of esters is 1. The fraction of sp³-hybridized carbons (Fsp3) is 0.240. The van der Waals surface area contributed by atoms with E-state index in [2.05, 4.69) is 4.98 Å². The van der Waals surface area contributed by atoms with Crippen molar-refractivity contribution < 1.29 is 23.9 Å². The van der Waals surface area contributed by atoms with Crippen molar-refractivity contribution in [1.82, 2.24) is 9.88 Å². The Balaban J connectivity index is 1.39. The van der Waals surface area contributed by atoms with Gasteiger partial charge in [-0.1, -0.05) is 30.3 Å². The maximum atomic E-state index is 13.5. The number of nitrogens with zero attached hydrogens (tertiary/aromatic N) is 4. The first-order valence-electron chi connectivity index (χ1n) is 11.0. The lowest BCUT2D eigenvalue weighted by Gasteiger charge is -2.46. The highest BCUT2D eigenvalue weighted by Gasteiger charge is 2.60. The number of fused-ring (bicyclic) bond motifs is 3. The van der Waals surface area contributed by atoms with Gasteiger partial charge < -0.3 is 9.64 Å². The second-order valence-corrected chi connectivity index (χ2v) is 9.15. The average Bonchev–Trinajstić information content (AvgIpc) is 3.47. The summed E-state index contributed by atoms with van der Waals surface area (Å²) in [5.74, 6) is -1.49. The van der Waals surface area contributed by atoms with E-state index in [1.165, 1.54) is 40.0 Å². The lowest BCUT2D eigenvalue weighted by Crippen LogP contribution is -2.67. The number of ether oxygens (including phenoxy) is 1. The number of carbonyl (C=O) groups excluding carboxylic acids is 4. The molecule has 5 rings (SSSR count). The van der Waals surface area contributed by atoms with E-state index >= 15 is 0 Å². The van der Waals surface area contributed by atoms with Crippen LogP contribution < -0.4 is 9.80 Å². The van der Waals surface area contributed by atoms with Crippen LogP contribution in [0.1, 0.15) is 35.8 Å². The number of likely N-dealkylation sites (N-methyl/N-ethyl adjacent to an activating group) is 1. The van der Waals surface area contributed by atoms with Gasteiger partial charge in [-0.25, -0.2) is 9.78 Å². The zero-order chi connectivity index (χ0) is 24.7. The molecule has 1 aromatic heterocycles. The van der Waals surface area contributed by atoms with Crippen molar-refractivity contribution in [2.45, 2.75) is 32.0 Å². The van der Waals surface area contributed by atoms with Crippen LogP contribution in [0.2, 0.25) is 0 Å². The molecule has 0 bridgehead atoms. The molecular formula is C25H22N4O5S. The van der Waals surface area contributed by atoms with E-state index < -0.39 is 11.6 Å². The van der Waals surface area contributed by atoms with Gasteiger partial charge in [0, 0.05) is 32.2 Å². The molecule has 2 aliphatic rings. The SMILES string of the molecule is CC(=O)N(c1ccccc1)c1nc(COC(=O)[C@@]23CCC(=O)N2c2ccccc2C(=O)N3C)cs1. The summed E-state index contributed by atoms with van der Waals surface area (Å²) in [7, 11) is 1.51. The first-order chi connectivity index (χ1) is 16.8. The summed E-state index contributed by atoms with van der Waals surface area (Å²) in [6, 6.07) is 15.9. The summed E-state index contributed by atoms with van der Waals surface area (Å²) in [4.78, 5) is 60.2. The van der Waals surface area contributed by atoms with Gasteiger partial charge in [0.2, 0.25) is 17.5 Å². The number of aromatic nitrogens is 1. The minimum absolute atomic E-state index is 0.118. The van der Waals surface area contributed by atoms with Gasteiger partial charge in [-0.3, -0.25) is 24.2 Å². The molecule has 10 heteroatoms. The van der Waals surface area contributed by atoms with E-state index in [1.807, 2.05) is 18.2 Å². The molecule has 0 spiro atoms. The van der Waals surface area contributed by atoms with Gasteiger partial charge in [-0.05, 0) is 24.3 Å². The number of rotatable bonds is 5. The molecule has 1 atom stereocenters. The molecular weight excluding hydrogens is 468 g/mol. The van der Waals surface area contributed by atoms with Crippen LogP contribution in [0.15, 0.2) is 60.0 Å². The zero-order valence-electron chi connectivity index (χ0n) is 19.1. The first kappa shape index (κ1) is 22.7. The summed E-state index contributed by atoms with van der Waals surface area (Å²) in [5, 5.41) is 2.16. The van der Waals surface area contributed by atoms with E-state index in [1.54, 1.807) is 41.8 Å². The van der Waals surface area contributed by atoms with Gasteiger partial charge >= 0.3 is 5.97 Å². The third kappa shape index (κ3) is 3.57. The van der Waals surface area contributed by atoms with E-state index in [0.29, 0.717) is 27.8 Å². The highest BCUT2D eigenvalue weighted by atomic mass is 32.1. The minimum atomic E-state index is -1.54. The van der Waals surface area contributed by atoms with Gasteiger partial charge in [0.05, 0.1) is 22.6 Å². The zero-order valence-corrected chi connectivity index (χ0v) is 19.9. The lowest BCUT2D eigenvalue weighted by molar-refractivity contribution is -0.158. The molecule has 3 aromatic rings. The Morgan fingerprint density at radius 3 is 2.57 bits per heavy atom. The van der Waals surface area contributed by atoms with Crippen LogP contribution in [0.5, 0.6) is 0 Å². The minimum Gasteiger partial charge on any atom is -0.456 e. The van der Waals surface area contributed by atoms with Crippen molar-refractivity contribution >= 4 is 51.5 Å². The average molecular weight is 491 g/mol. The fourth-order valence-corrected chi connectivity index (χ4v) is 5.49. The second-order valence-electron chi connectivity index (χ2n) is 8.31. The van der Waals surface area contributed by atoms with Crippen LogP contribution in [0.3, 0.4) is 0 Å². The Hall–Kier alpha value is -4.05. The van der Waals surface area contributed by atoms with Gasteiger partial charge in [-0.15, -0.1) is 11.3 Å². The van der Waals surface area contributed by atoms with Crippen LogP contribution in [-0.4, -0.2) is 46.3 Å². The van der Waals surface area contributed by atoms with Crippen LogP contribution >= 0.6 is 11.3 Å². The van der Waals surface area contributed by atoms with E-state index in [-0.39, 0.29) is 37.2 Å². The predicted octanol–water partition coefficient (Wildman–Crippen LogP) is 3.48. The summed E-state index contributed by atoms with van der Waals surface area (Å²) >= 11 is 1.25. The van der Waals surface area contributed by atoms with Gasteiger partial charge in [-0.2, -0.15) is 0 Å². The number of carbonyl (C=O) groups is 4. The summed E-state index contributed by atoms with van der Waals surface area (Å²) in [6.45, 7) is 1.29. The lowest BCUT2D eigenvalue weighted by atomic mass is 9.97. The summed E-state index contributed by atoms with van der Waals surface area (Å²) < 4.78 is 5.63. The predicted molar refractivity (Wildman–Crippen MR) is 129 cm³/mol. The number of hydrogen-bond donors (Lipinski definition) is 0. The molecule has 1 fully saturated rings. The Kier molecular flexibility index (Phi) is 5.60. The molecule has 3 amide bonds. The molecule has 0 saturated carbocycles. The fourth-order valence-electron chi connectivity index (χ4n) is 4.62. The van der Waals surface area contributed by atoms with Crippen molar-refractivity contribution in [2.24, 2.45) is 0 Å². The molecule has 35 heavy (non-hydrogen) atoms. The normalized spacial score (nSPS) is 18.8. The molecule has 9 nitrogen and oxygen atoms in total. The van der Waals surface area contributed by atoms with Gasteiger partial charge in [0.25, 0.3) is 5.91 Å². The third-order valence-electron chi connectivity index (χ3n) is 6.28. The highest BCUT2D eigenvalue weighted by Crippen LogP contribution is 2.44. The molecule has 0 unspecified atom stereocenters. The highest BCUT2D eigenvalue weighted by molar-refractivity contribution is 7.14. The van der Waals surface area contributed by atoms with Gasteiger partial charge in [0.15, 0.2) is 5.13 Å². The number of hydrogen-bond acceptors (Lipinski definition) is 7. The Labute approximate surface area is 205 Å². The first-order valence-corrected chi connectivity index (χ1v) is 11.9. The van der Waals surface area contributed by atoms with Crippen LogP contribution in [0.4, 0.5) is 16.5 Å². The van der Waals surface area contributed by atoms with Crippen molar-refractivity contribution in [3.63, 3.8) is 0 Å². The Bertz CT molecular complexity index is 1340. The molecule has 178 valence electrons. The molecule has 2 aliphatic heterocycles. The molecule has 0 aliphatic carbocycles. The topological polar surface area (TPSA) is 100 Å². The maximum Gasteiger partial charge on any atom is 0.354 e. The number of thiazole rings is 1. The van der Waals surface area contributed by atoms with E-state index in [4.69, 9.17) is 4.74 Å². The van der Waals surface area contributed by atoms with E-state index in [0.717, 1.165) is 0 Å². The Morgan fingerprint density at radius 2 is 1.83 bits per heavy atom. The van der Waals surface area contributed by atoms with Crippen molar-refractivity contribution in [3.05, 3.63) is 71.2 Å². The summed E-state index contributed by atoms with van der Waals surface area (Å²) in [6.07, 6.45) is 0.252. The largest absolute Gasteiger partial charge is 0.456 e. The number of amides is 3. The van der Waals surface area contributed by atoms with Crippen LogP contribution in [-0.2, 0) is 25.7 Å². The third-order valence-corrected chi connectivity index (χ3v) is 7.15. The smallest absolute Gasteiger partial charge is 0.354 e. The number of anilines is 3. The maximum absolute atomic E-state index is 13.5. The molecule has 3 heterocycles. The van der Waals surface area contributed by atoms with Crippen molar-refractivity contribution in [3.8, 4) is 0 Å². The second kappa shape index (κ2) is 8.62. The standard InChI is InChI=1S/C25H22N4O5S/c1-16(30)28(18-8-4-3-5-9-18)24-26-17(15-35-24)14-34-23(33)25-13-12-21(31)29(25)20-11-7-6-10-19(20)22(32)27(25)2/h3-11,15H,12-14H2,1-2H3/t25-/m1/s1. The summed E-state index contributed by atoms with van der Waals surface area (Å²) in [5.41, 5.74) is 0.363.